The second kappa shape index (κ2) is 5.88. The highest BCUT2D eigenvalue weighted by molar-refractivity contribution is 7.99. The van der Waals surface area contributed by atoms with Crippen molar-refractivity contribution in [3.8, 4) is 0 Å². The number of nitrogens with one attached hydrogen (secondary N) is 1. The fourth-order valence-electron chi connectivity index (χ4n) is 1.76. The Morgan fingerprint density at radius 3 is 2.71 bits per heavy atom. The van der Waals surface area contributed by atoms with Crippen LogP contribution in [0.25, 0.3) is 0 Å². The van der Waals surface area contributed by atoms with Crippen molar-refractivity contribution in [3.05, 3.63) is 60.8 Å². The van der Waals surface area contributed by atoms with Gasteiger partial charge in [-0.3, -0.25) is 4.79 Å². The molecule has 0 aliphatic carbocycles. The van der Waals surface area contributed by atoms with Crippen LogP contribution in [0.15, 0.2) is 69.5 Å². The Hall–Kier alpha value is -2.47. The zero-order valence-corrected chi connectivity index (χ0v) is 12.1. The van der Waals surface area contributed by atoms with Crippen LogP contribution in [0, 0.1) is 0 Å². The van der Waals surface area contributed by atoms with Gasteiger partial charge in [0.05, 0.1) is 6.26 Å². The Bertz CT molecular complexity index is 733. The molecule has 21 heavy (non-hydrogen) atoms. The van der Waals surface area contributed by atoms with Crippen molar-refractivity contribution in [1.29, 1.82) is 0 Å². The minimum Gasteiger partial charge on any atom is -0.459 e. The largest absolute Gasteiger partial charge is 0.459 e. The summed E-state index contributed by atoms with van der Waals surface area (Å²) in [6, 6.07) is 10.9. The Kier molecular flexibility index (Phi) is 3.79. The van der Waals surface area contributed by atoms with E-state index in [-0.39, 0.29) is 5.91 Å². The van der Waals surface area contributed by atoms with Gasteiger partial charge in [-0.2, -0.15) is 0 Å². The summed E-state index contributed by atoms with van der Waals surface area (Å²) in [6.07, 6.45) is 5.14. The maximum Gasteiger partial charge on any atom is 0.291 e. The zero-order valence-electron chi connectivity index (χ0n) is 11.3. The van der Waals surface area contributed by atoms with Gasteiger partial charge < -0.3 is 14.3 Å². The predicted octanol–water partition coefficient (Wildman–Crippen LogP) is 3.42. The van der Waals surface area contributed by atoms with Crippen LogP contribution in [0.5, 0.6) is 0 Å². The monoisotopic (exact) mass is 299 g/mol. The summed E-state index contributed by atoms with van der Waals surface area (Å²) < 4.78 is 7.00. The molecule has 106 valence electrons. The molecule has 5 nitrogen and oxygen atoms in total. The van der Waals surface area contributed by atoms with Crippen LogP contribution in [-0.2, 0) is 7.05 Å². The van der Waals surface area contributed by atoms with E-state index in [2.05, 4.69) is 10.3 Å². The number of carbonyl (C=O) groups excluding carboxylic acids is 1. The summed E-state index contributed by atoms with van der Waals surface area (Å²) in [5.41, 5.74) is 0.723. The van der Waals surface area contributed by atoms with Gasteiger partial charge in [0.15, 0.2) is 10.9 Å². The van der Waals surface area contributed by atoms with Crippen LogP contribution in [0.4, 0.5) is 5.69 Å². The lowest BCUT2D eigenvalue weighted by molar-refractivity contribution is 0.0996. The lowest BCUT2D eigenvalue weighted by Crippen LogP contribution is -2.10. The van der Waals surface area contributed by atoms with Gasteiger partial charge >= 0.3 is 0 Å². The maximum absolute atomic E-state index is 11.8. The van der Waals surface area contributed by atoms with E-state index in [9.17, 15) is 4.79 Å². The molecule has 6 heteroatoms. The third-order valence-electron chi connectivity index (χ3n) is 2.84. The van der Waals surface area contributed by atoms with E-state index in [1.54, 1.807) is 30.1 Å². The van der Waals surface area contributed by atoms with E-state index in [0.717, 1.165) is 15.7 Å². The number of aromatic nitrogens is 2. The zero-order chi connectivity index (χ0) is 14.7. The number of carbonyl (C=O) groups is 1. The van der Waals surface area contributed by atoms with Gasteiger partial charge in [-0.15, -0.1) is 0 Å². The van der Waals surface area contributed by atoms with Crippen LogP contribution in [-0.4, -0.2) is 15.5 Å². The van der Waals surface area contributed by atoms with Crippen LogP contribution in [0.3, 0.4) is 0 Å². The molecule has 3 aromatic rings. The molecule has 0 aliphatic heterocycles. The molecule has 0 radical (unpaired) electrons. The number of benzene rings is 1. The van der Waals surface area contributed by atoms with E-state index in [4.69, 9.17) is 4.42 Å². The summed E-state index contributed by atoms with van der Waals surface area (Å²) in [7, 11) is 1.95. The Morgan fingerprint density at radius 1 is 1.29 bits per heavy atom. The standard InChI is InChI=1S/C15H13N3O2S/c1-18-9-8-16-15(18)21-12-6-4-11(5-7-12)17-14(19)13-3-2-10-20-13/h2-10H,1H3,(H,17,19). The third-order valence-corrected chi connectivity index (χ3v) is 3.93. The first-order chi connectivity index (χ1) is 10.2. The summed E-state index contributed by atoms with van der Waals surface area (Å²) in [4.78, 5) is 17.2. The Labute approximate surface area is 126 Å². The van der Waals surface area contributed by atoms with Crippen molar-refractivity contribution in [1.82, 2.24) is 9.55 Å². The second-order valence-electron chi connectivity index (χ2n) is 4.38. The number of furan rings is 1. The first kappa shape index (κ1) is 13.5. The number of hydrogen-bond donors (Lipinski definition) is 1. The number of hydrogen-bond acceptors (Lipinski definition) is 4. The average Bonchev–Trinajstić information content (AvgIpc) is 3.14. The van der Waals surface area contributed by atoms with Gasteiger partial charge in [0, 0.05) is 30.0 Å². The third kappa shape index (κ3) is 3.17. The van der Waals surface area contributed by atoms with Crippen molar-refractivity contribution in [2.24, 2.45) is 7.05 Å². The highest BCUT2D eigenvalue weighted by Gasteiger charge is 2.08. The van der Waals surface area contributed by atoms with Gasteiger partial charge in [-0.05, 0) is 36.4 Å². The highest BCUT2D eigenvalue weighted by atomic mass is 32.2. The molecule has 0 unspecified atom stereocenters. The molecular weight excluding hydrogens is 286 g/mol. The van der Waals surface area contributed by atoms with Crippen molar-refractivity contribution < 1.29 is 9.21 Å². The van der Waals surface area contributed by atoms with Gasteiger partial charge in [0.25, 0.3) is 5.91 Å². The molecule has 0 spiro atoms. The van der Waals surface area contributed by atoms with E-state index < -0.39 is 0 Å². The maximum atomic E-state index is 11.8. The molecule has 1 amide bonds. The van der Waals surface area contributed by atoms with Gasteiger partial charge in [-0.25, -0.2) is 4.98 Å². The van der Waals surface area contributed by atoms with Crippen LogP contribution in [0.1, 0.15) is 10.6 Å². The normalized spacial score (nSPS) is 10.5. The summed E-state index contributed by atoms with van der Waals surface area (Å²) >= 11 is 1.57. The molecule has 1 aromatic carbocycles. The lowest BCUT2D eigenvalue weighted by Gasteiger charge is -2.05. The van der Waals surface area contributed by atoms with Crippen LogP contribution in [0.2, 0.25) is 0 Å². The van der Waals surface area contributed by atoms with Gasteiger partial charge in [0.2, 0.25) is 0 Å². The quantitative estimate of drug-likeness (QED) is 0.802. The minimum atomic E-state index is -0.260. The molecule has 1 N–H and O–H groups in total. The van der Waals surface area contributed by atoms with Crippen LogP contribution < -0.4 is 5.32 Å². The molecule has 0 fully saturated rings. The van der Waals surface area contributed by atoms with E-state index >= 15 is 0 Å². The van der Waals surface area contributed by atoms with E-state index in [1.165, 1.54) is 6.26 Å². The molecule has 0 aliphatic rings. The minimum absolute atomic E-state index is 0.260. The molecular formula is C15H13N3O2S. The average molecular weight is 299 g/mol. The molecule has 3 rings (SSSR count). The summed E-state index contributed by atoms with van der Waals surface area (Å²) in [5, 5.41) is 3.70. The number of rotatable bonds is 4. The second-order valence-corrected chi connectivity index (χ2v) is 5.42. The SMILES string of the molecule is Cn1ccnc1Sc1ccc(NC(=O)c2ccco2)cc1. The Balaban J connectivity index is 1.67. The highest BCUT2D eigenvalue weighted by Crippen LogP contribution is 2.26. The predicted molar refractivity (Wildman–Crippen MR) is 80.4 cm³/mol. The van der Waals surface area contributed by atoms with E-state index in [1.807, 2.05) is 42.1 Å². The fourth-order valence-corrected chi connectivity index (χ4v) is 2.56. The number of aryl methyl sites for hydroxylation is 1. The van der Waals surface area contributed by atoms with Crippen molar-refractivity contribution in [2.75, 3.05) is 5.32 Å². The molecule has 0 atom stereocenters. The molecule has 0 bridgehead atoms. The number of nitrogens with zero attached hydrogens (tertiary/aromatic N) is 2. The van der Waals surface area contributed by atoms with E-state index in [0.29, 0.717) is 5.76 Å². The molecule has 2 heterocycles. The first-order valence-corrected chi connectivity index (χ1v) is 7.14. The fraction of sp³-hybridized carbons (Fsp3) is 0.0667. The molecule has 0 saturated carbocycles. The van der Waals surface area contributed by atoms with Crippen molar-refractivity contribution >= 4 is 23.4 Å². The van der Waals surface area contributed by atoms with Gasteiger partial charge in [0.1, 0.15) is 0 Å². The number of amides is 1. The van der Waals surface area contributed by atoms with Crippen molar-refractivity contribution in [3.63, 3.8) is 0 Å². The number of imidazole rings is 1. The first-order valence-electron chi connectivity index (χ1n) is 6.32. The lowest BCUT2D eigenvalue weighted by atomic mass is 10.3. The smallest absolute Gasteiger partial charge is 0.291 e. The topological polar surface area (TPSA) is 60.1 Å². The summed E-state index contributed by atoms with van der Waals surface area (Å²) in [5.74, 6) is 0.0333. The van der Waals surface area contributed by atoms with Crippen molar-refractivity contribution in [2.45, 2.75) is 10.1 Å². The molecule has 0 saturated heterocycles. The molecule has 2 aromatic heterocycles. The van der Waals surface area contributed by atoms with Crippen LogP contribution >= 0.6 is 11.8 Å². The Morgan fingerprint density at radius 2 is 2.10 bits per heavy atom. The summed E-state index contributed by atoms with van der Waals surface area (Å²) in [6.45, 7) is 0. The number of anilines is 1. The van der Waals surface area contributed by atoms with Gasteiger partial charge in [-0.1, -0.05) is 11.8 Å².